The molecule has 1 atom stereocenters. The molecule has 0 saturated heterocycles. The van der Waals surface area contributed by atoms with E-state index in [1.165, 1.54) is 11.1 Å². The highest BCUT2D eigenvalue weighted by Gasteiger charge is 2.13. The maximum absolute atomic E-state index is 10.4. The first kappa shape index (κ1) is 9.34. The van der Waals surface area contributed by atoms with Crippen LogP contribution in [0.2, 0.25) is 0 Å². The van der Waals surface area contributed by atoms with Gasteiger partial charge >= 0.3 is 0 Å². The molecule has 0 spiro atoms. The van der Waals surface area contributed by atoms with Crippen LogP contribution in [0.5, 0.6) is 0 Å². The van der Waals surface area contributed by atoms with Gasteiger partial charge in [-0.25, -0.2) is 0 Å². The molecule has 2 rings (SSSR count). The zero-order valence-corrected chi connectivity index (χ0v) is 8.07. The number of hydrogen-bond acceptors (Lipinski definition) is 3. The van der Waals surface area contributed by atoms with Crippen LogP contribution in [0.25, 0.3) is 0 Å². The van der Waals surface area contributed by atoms with Crippen LogP contribution in [-0.4, -0.2) is 6.04 Å². The van der Waals surface area contributed by atoms with Crippen LogP contribution in [0.3, 0.4) is 0 Å². The fraction of sp³-hybridized carbons (Fsp3) is 0.455. The van der Waals surface area contributed by atoms with E-state index in [1.54, 1.807) is 6.07 Å². The maximum atomic E-state index is 10.4. The molecule has 0 heterocycles. The van der Waals surface area contributed by atoms with Crippen LogP contribution < -0.4 is 5.73 Å². The van der Waals surface area contributed by atoms with Gasteiger partial charge in [0.15, 0.2) is 0 Å². The van der Waals surface area contributed by atoms with Crippen molar-refractivity contribution in [1.82, 2.24) is 0 Å². The van der Waals surface area contributed by atoms with E-state index in [1.807, 2.05) is 12.1 Å². The van der Waals surface area contributed by atoms with E-state index >= 15 is 0 Å². The minimum Gasteiger partial charge on any atom is -0.328 e. The molecule has 74 valence electrons. The second kappa shape index (κ2) is 3.88. The van der Waals surface area contributed by atoms with Gasteiger partial charge in [-0.1, -0.05) is 6.07 Å². The Kier molecular flexibility index (Phi) is 2.59. The molecule has 3 nitrogen and oxygen atoms in total. The first-order chi connectivity index (χ1) is 6.79. The summed E-state index contributed by atoms with van der Waals surface area (Å²) in [5.41, 5.74) is 9.00. The van der Waals surface area contributed by atoms with Crippen LogP contribution in [0, 0.1) is 4.91 Å². The number of nitrogens with zero attached hydrogens (tertiary/aromatic N) is 1. The van der Waals surface area contributed by atoms with Crippen molar-refractivity contribution in [2.24, 2.45) is 10.9 Å². The van der Waals surface area contributed by atoms with Crippen molar-refractivity contribution in [2.45, 2.75) is 31.7 Å². The molecule has 14 heavy (non-hydrogen) atoms. The fourth-order valence-electron chi connectivity index (χ4n) is 1.97. The number of nitroso groups, excluding NO2 is 1. The summed E-state index contributed by atoms with van der Waals surface area (Å²) in [7, 11) is 0. The Bertz CT molecular complexity index is 349. The van der Waals surface area contributed by atoms with Crippen molar-refractivity contribution in [3.63, 3.8) is 0 Å². The lowest BCUT2D eigenvalue weighted by Gasteiger charge is -2.04. The average molecular weight is 190 g/mol. The van der Waals surface area contributed by atoms with Gasteiger partial charge in [-0.3, -0.25) is 0 Å². The van der Waals surface area contributed by atoms with Crippen LogP contribution in [0.15, 0.2) is 23.4 Å². The predicted molar refractivity (Wildman–Crippen MR) is 56.5 cm³/mol. The number of fused-ring (bicyclic) bond motifs is 1. The molecule has 0 amide bonds. The Balaban J connectivity index is 2.31. The Morgan fingerprint density at radius 2 is 1.93 bits per heavy atom. The van der Waals surface area contributed by atoms with Crippen molar-refractivity contribution < 1.29 is 0 Å². The Labute approximate surface area is 83.3 Å². The first-order valence-electron chi connectivity index (χ1n) is 5.00. The summed E-state index contributed by atoms with van der Waals surface area (Å²) in [6.07, 6.45) is 4.05. The smallest absolute Gasteiger partial charge is 0.108 e. The molecule has 0 aliphatic heterocycles. The second-order valence-corrected chi connectivity index (χ2v) is 3.88. The molecule has 1 aromatic rings. The molecule has 0 radical (unpaired) electrons. The summed E-state index contributed by atoms with van der Waals surface area (Å²) < 4.78 is 0. The summed E-state index contributed by atoms with van der Waals surface area (Å²) >= 11 is 0. The van der Waals surface area contributed by atoms with Crippen molar-refractivity contribution in [2.75, 3.05) is 0 Å². The number of aryl methyl sites for hydroxylation is 2. The first-order valence-corrected chi connectivity index (χ1v) is 5.00. The van der Waals surface area contributed by atoms with Crippen molar-refractivity contribution in [1.29, 1.82) is 0 Å². The number of hydrogen-bond donors (Lipinski definition) is 1. The van der Waals surface area contributed by atoms with E-state index in [9.17, 15) is 4.91 Å². The zero-order chi connectivity index (χ0) is 9.97. The Morgan fingerprint density at radius 3 is 2.64 bits per heavy atom. The molecule has 2 N–H and O–H groups in total. The molecule has 1 aliphatic rings. The monoisotopic (exact) mass is 190 g/mol. The molecule has 0 saturated carbocycles. The molecular weight excluding hydrogens is 176 g/mol. The summed E-state index contributed by atoms with van der Waals surface area (Å²) in [6, 6.07) is 5.97. The number of benzene rings is 1. The molecule has 1 aliphatic carbocycles. The summed E-state index contributed by atoms with van der Waals surface area (Å²) in [5.74, 6) is 0. The molecule has 0 bridgehead atoms. The van der Waals surface area contributed by atoms with E-state index < -0.39 is 0 Å². The van der Waals surface area contributed by atoms with E-state index in [0.29, 0.717) is 11.7 Å². The van der Waals surface area contributed by atoms with Gasteiger partial charge in [0.2, 0.25) is 0 Å². The van der Waals surface area contributed by atoms with Crippen LogP contribution in [0.1, 0.15) is 24.0 Å². The molecule has 1 aromatic carbocycles. The quantitative estimate of drug-likeness (QED) is 0.545. The van der Waals surface area contributed by atoms with E-state index in [2.05, 4.69) is 5.18 Å². The molecule has 0 unspecified atom stereocenters. The minimum atomic E-state index is 0.301. The fourth-order valence-corrected chi connectivity index (χ4v) is 1.97. The van der Waals surface area contributed by atoms with E-state index in [0.717, 1.165) is 25.7 Å². The number of nitrogens with two attached hydrogens (primary N) is 1. The molecule has 0 fully saturated rings. The van der Waals surface area contributed by atoms with Gasteiger partial charge < -0.3 is 5.73 Å². The third-order valence-corrected chi connectivity index (χ3v) is 2.86. The summed E-state index contributed by atoms with van der Waals surface area (Å²) in [6.45, 7) is 0. The van der Waals surface area contributed by atoms with Gasteiger partial charge in [0.25, 0.3) is 0 Å². The van der Waals surface area contributed by atoms with Gasteiger partial charge in [-0.05, 0) is 54.1 Å². The largest absolute Gasteiger partial charge is 0.328 e. The van der Waals surface area contributed by atoms with Crippen LogP contribution >= 0.6 is 0 Å². The van der Waals surface area contributed by atoms with Crippen molar-refractivity contribution in [3.05, 3.63) is 34.2 Å². The minimum absolute atomic E-state index is 0.301. The highest BCUT2D eigenvalue weighted by Crippen LogP contribution is 2.24. The Hall–Kier alpha value is -1.22. The Morgan fingerprint density at radius 1 is 1.21 bits per heavy atom. The third-order valence-electron chi connectivity index (χ3n) is 2.86. The van der Waals surface area contributed by atoms with Crippen molar-refractivity contribution in [3.8, 4) is 0 Å². The topological polar surface area (TPSA) is 55.4 Å². The maximum Gasteiger partial charge on any atom is 0.108 e. The van der Waals surface area contributed by atoms with Crippen LogP contribution in [-0.2, 0) is 12.8 Å². The standard InChI is InChI=1S/C11H14N2O/c12-10-4-1-8-3-6-11(13-14)7-9(8)2-5-10/h3,6-7,10H,1-2,4-5,12H2/t10-/m0/s1. The van der Waals surface area contributed by atoms with Gasteiger partial charge in [0.1, 0.15) is 5.69 Å². The van der Waals surface area contributed by atoms with E-state index in [4.69, 9.17) is 5.73 Å². The van der Waals surface area contributed by atoms with Gasteiger partial charge in [-0.2, -0.15) is 0 Å². The lowest BCUT2D eigenvalue weighted by atomic mass is 10.0. The molecule has 0 aromatic heterocycles. The van der Waals surface area contributed by atoms with Gasteiger partial charge in [0.05, 0.1) is 0 Å². The predicted octanol–water partition coefficient (Wildman–Crippen LogP) is 2.29. The summed E-state index contributed by atoms with van der Waals surface area (Å²) in [4.78, 5) is 10.4. The molecular formula is C11H14N2O. The van der Waals surface area contributed by atoms with Gasteiger partial charge in [0, 0.05) is 6.04 Å². The highest BCUT2D eigenvalue weighted by atomic mass is 16.3. The summed E-state index contributed by atoms with van der Waals surface area (Å²) in [5, 5.41) is 2.95. The van der Waals surface area contributed by atoms with Crippen LogP contribution in [0.4, 0.5) is 5.69 Å². The van der Waals surface area contributed by atoms with Crippen molar-refractivity contribution >= 4 is 5.69 Å². The normalized spacial score (nSPS) is 21.1. The average Bonchev–Trinajstić information content (AvgIpc) is 2.40. The zero-order valence-electron chi connectivity index (χ0n) is 8.07. The number of rotatable bonds is 1. The highest BCUT2D eigenvalue weighted by molar-refractivity contribution is 5.44. The second-order valence-electron chi connectivity index (χ2n) is 3.88. The molecule has 3 heteroatoms. The van der Waals surface area contributed by atoms with Gasteiger partial charge in [-0.15, -0.1) is 4.91 Å². The lowest BCUT2D eigenvalue weighted by molar-refractivity contribution is 0.589. The van der Waals surface area contributed by atoms with E-state index in [-0.39, 0.29) is 0 Å². The lowest BCUT2D eigenvalue weighted by Crippen LogP contribution is -2.19. The third kappa shape index (κ3) is 1.82. The SMILES string of the molecule is N[C@H]1CCc2ccc(N=O)cc2CC1.